The maximum absolute atomic E-state index is 12.2. The molecule has 1 fully saturated rings. The second-order valence-electron chi connectivity index (χ2n) is 7.54. The SMILES string of the molecule is CC(C)(CNC(=O)NCC(CCO)c1ccccc1)N1CCCCC1. The molecule has 5 nitrogen and oxygen atoms in total. The summed E-state index contributed by atoms with van der Waals surface area (Å²) < 4.78 is 0. The lowest BCUT2D eigenvalue weighted by atomic mass is 9.96. The van der Waals surface area contributed by atoms with Gasteiger partial charge in [-0.05, 0) is 51.8 Å². The molecule has 1 aromatic carbocycles. The predicted octanol–water partition coefficient (Wildman–Crippen LogP) is 2.72. The number of urea groups is 1. The van der Waals surface area contributed by atoms with Gasteiger partial charge in [0.15, 0.2) is 0 Å². The largest absolute Gasteiger partial charge is 0.396 e. The molecule has 2 amide bonds. The highest BCUT2D eigenvalue weighted by Gasteiger charge is 2.28. The number of carbonyl (C=O) groups is 1. The monoisotopic (exact) mass is 347 g/mol. The topological polar surface area (TPSA) is 64.6 Å². The summed E-state index contributed by atoms with van der Waals surface area (Å²) in [6.07, 6.45) is 4.45. The minimum absolute atomic E-state index is 0.0261. The number of nitrogens with zero attached hydrogens (tertiary/aromatic N) is 1. The van der Waals surface area contributed by atoms with E-state index >= 15 is 0 Å². The fourth-order valence-corrected chi connectivity index (χ4v) is 3.45. The number of benzene rings is 1. The normalized spacial score (nSPS) is 17.1. The molecule has 3 N–H and O–H groups in total. The maximum Gasteiger partial charge on any atom is 0.314 e. The van der Waals surface area contributed by atoms with E-state index < -0.39 is 0 Å². The number of aliphatic hydroxyl groups excluding tert-OH is 1. The van der Waals surface area contributed by atoms with E-state index in [2.05, 4.69) is 29.4 Å². The van der Waals surface area contributed by atoms with Crippen LogP contribution in [0.25, 0.3) is 0 Å². The Morgan fingerprint density at radius 3 is 2.48 bits per heavy atom. The van der Waals surface area contributed by atoms with E-state index in [-0.39, 0.29) is 24.1 Å². The first kappa shape index (κ1) is 19.7. The standard InChI is InChI=1S/C20H33N3O2/c1-20(2,23-12-7-4-8-13-23)16-22-19(25)21-15-18(11-14-24)17-9-5-3-6-10-17/h3,5-6,9-10,18,24H,4,7-8,11-16H2,1-2H3,(H2,21,22,25). The quantitative estimate of drug-likeness (QED) is 0.677. The van der Waals surface area contributed by atoms with Crippen molar-refractivity contribution >= 4 is 6.03 Å². The molecule has 1 aromatic rings. The molecule has 1 saturated heterocycles. The number of piperidine rings is 1. The third-order valence-corrected chi connectivity index (χ3v) is 5.15. The van der Waals surface area contributed by atoms with Gasteiger partial charge in [0.2, 0.25) is 0 Å². The van der Waals surface area contributed by atoms with E-state index in [1.807, 2.05) is 30.3 Å². The average molecular weight is 348 g/mol. The van der Waals surface area contributed by atoms with E-state index in [1.165, 1.54) is 19.3 Å². The van der Waals surface area contributed by atoms with Crippen molar-refractivity contribution in [1.29, 1.82) is 0 Å². The van der Waals surface area contributed by atoms with Crippen molar-refractivity contribution in [2.45, 2.75) is 51.0 Å². The van der Waals surface area contributed by atoms with Crippen LogP contribution in [0.4, 0.5) is 4.79 Å². The van der Waals surface area contributed by atoms with Gasteiger partial charge in [-0.15, -0.1) is 0 Å². The maximum atomic E-state index is 12.2. The van der Waals surface area contributed by atoms with Gasteiger partial charge in [-0.2, -0.15) is 0 Å². The predicted molar refractivity (Wildman–Crippen MR) is 102 cm³/mol. The Morgan fingerprint density at radius 2 is 1.84 bits per heavy atom. The number of aliphatic hydroxyl groups is 1. The van der Waals surface area contributed by atoms with Crippen LogP contribution in [0.2, 0.25) is 0 Å². The summed E-state index contributed by atoms with van der Waals surface area (Å²) in [5, 5.41) is 15.3. The molecule has 0 spiro atoms. The van der Waals surface area contributed by atoms with Crippen molar-refractivity contribution in [3.05, 3.63) is 35.9 Å². The van der Waals surface area contributed by atoms with Gasteiger partial charge >= 0.3 is 6.03 Å². The summed E-state index contributed by atoms with van der Waals surface area (Å²) >= 11 is 0. The van der Waals surface area contributed by atoms with Crippen LogP contribution in [0.5, 0.6) is 0 Å². The van der Waals surface area contributed by atoms with Gasteiger partial charge in [0, 0.05) is 31.2 Å². The molecule has 1 heterocycles. The van der Waals surface area contributed by atoms with Crippen LogP contribution in [0.1, 0.15) is 51.0 Å². The lowest BCUT2D eigenvalue weighted by molar-refractivity contribution is 0.0960. The Bertz CT molecular complexity index is 513. The fourth-order valence-electron chi connectivity index (χ4n) is 3.45. The van der Waals surface area contributed by atoms with E-state index in [1.54, 1.807) is 0 Å². The van der Waals surface area contributed by atoms with Gasteiger partial charge in [0.05, 0.1) is 0 Å². The number of nitrogens with one attached hydrogen (secondary N) is 2. The van der Waals surface area contributed by atoms with Crippen molar-refractivity contribution in [2.75, 3.05) is 32.8 Å². The van der Waals surface area contributed by atoms with Crippen molar-refractivity contribution in [2.24, 2.45) is 0 Å². The molecule has 0 bridgehead atoms. The first-order chi connectivity index (χ1) is 12.0. The highest BCUT2D eigenvalue weighted by molar-refractivity contribution is 5.74. The second-order valence-corrected chi connectivity index (χ2v) is 7.54. The van der Waals surface area contributed by atoms with E-state index in [0.29, 0.717) is 19.5 Å². The lowest BCUT2D eigenvalue weighted by Crippen LogP contribution is -2.54. The van der Waals surface area contributed by atoms with Crippen LogP contribution >= 0.6 is 0 Å². The molecule has 0 radical (unpaired) electrons. The van der Waals surface area contributed by atoms with Crippen molar-refractivity contribution in [1.82, 2.24) is 15.5 Å². The van der Waals surface area contributed by atoms with Crippen LogP contribution < -0.4 is 10.6 Å². The molecular weight excluding hydrogens is 314 g/mol. The van der Waals surface area contributed by atoms with Gasteiger partial charge < -0.3 is 15.7 Å². The zero-order chi connectivity index (χ0) is 18.1. The summed E-state index contributed by atoms with van der Waals surface area (Å²) in [7, 11) is 0. The number of hydrogen-bond donors (Lipinski definition) is 3. The first-order valence-electron chi connectivity index (χ1n) is 9.45. The van der Waals surface area contributed by atoms with Crippen molar-refractivity contribution in [3.8, 4) is 0 Å². The third kappa shape index (κ3) is 6.33. The van der Waals surface area contributed by atoms with Gasteiger partial charge in [-0.1, -0.05) is 36.8 Å². The highest BCUT2D eigenvalue weighted by atomic mass is 16.3. The first-order valence-corrected chi connectivity index (χ1v) is 9.45. The Balaban J connectivity index is 1.78. The molecule has 1 aliphatic heterocycles. The Morgan fingerprint density at radius 1 is 1.16 bits per heavy atom. The zero-order valence-electron chi connectivity index (χ0n) is 15.6. The smallest absolute Gasteiger partial charge is 0.314 e. The van der Waals surface area contributed by atoms with E-state index in [0.717, 1.165) is 18.7 Å². The van der Waals surface area contributed by atoms with E-state index in [9.17, 15) is 9.90 Å². The molecule has 2 rings (SSSR count). The molecule has 5 heteroatoms. The summed E-state index contributed by atoms with van der Waals surface area (Å²) in [6, 6.07) is 9.90. The molecule has 0 aliphatic carbocycles. The van der Waals surface area contributed by atoms with Crippen molar-refractivity contribution < 1.29 is 9.90 Å². The number of hydrogen-bond acceptors (Lipinski definition) is 3. The van der Waals surface area contributed by atoms with Crippen molar-refractivity contribution in [3.63, 3.8) is 0 Å². The number of likely N-dealkylation sites (tertiary alicyclic amines) is 1. The fraction of sp³-hybridized carbons (Fsp3) is 0.650. The minimum atomic E-state index is -0.135. The summed E-state index contributed by atoms with van der Waals surface area (Å²) in [4.78, 5) is 14.7. The Hall–Kier alpha value is -1.59. The van der Waals surface area contributed by atoms with E-state index in [4.69, 9.17) is 0 Å². The molecule has 1 atom stereocenters. The van der Waals surface area contributed by atoms with Crippen LogP contribution in [0, 0.1) is 0 Å². The molecule has 25 heavy (non-hydrogen) atoms. The Kier molecular flexibility index (Phi) is 7.72. The molecule has 1 aliphatic rings. The zero-order valence-corrected chi connectivity index (χ0v) is 15.6. The average Bonchev–Trinajstić information content (AvgIpc) is 2.65. The number of amides is 2. The van der Waals surface area contributed by atoms with Crippen LogP contribution in [0.15, 0.2) is 30.3 Å². The Labute approximate surface area is 151 Å². The van der Waals surface area contributed by atoms with Gasteiger partial charge in [0.25, 0.3) is 0 Å². The van der Waals surface area contributed by atoms with Crippen LogP contribution in [0.3, 0.4) is 0 Å². The molecule has 0 aromatic heterocycles. The minimum Gasteiger partial charge on any atom is -0.396 e. The third-order valence-electron chi connectivity index (χ3n) is 5.15. The van der Waals surface area contributed by atoms with Gasteiger partial charge in [-0.25, -0.2) is 4.79 Å². The second kappa shape index (κ2) is 9.78. The summed E-state index contributed by atoms with van der Waals surface area (Å²) in [6.45, 7) is 7.89. The number of rotatable bonds is 8. The summed E-state index contributed by atoms with van der Waals surface area (Å²) in [5.41, 5.74) is 1.12. The highest BCUT2D eigenvalue weighted by Crippen LogP contribution is 2.20. The van der Waals surface area contributed by atoms with Crippen LogP contribution in [-0.2, 0) is 0 Å². The molecule has 0 saturated carbocycles. The van der Waals surface area contributed by atoms with Gasteiger partial charge in [-0.3, -0.25) is 4.90 Å². The van der Waals surface area contributed by atoms with Gasteiger partial charge in [0.1, 0.15) is 0 Å². The molecule has 1 unspecified atom stereocenters. The summed E-state index contributed by atoms with van der Waals surface area (Å²) in [5.74, 6) is 0.132. The van der Waals surface area contributed by atoms with Crippen LogP contribution in [-0.4, -0.2) is 54.4 Å². The lowest BCUT2D eigenvalue weighted by Gasteiger charge is -2.41. The molecule has 140 valence electrons. The number of carbonyl (C=O) groups excluding carboxylic acids is 1. The molecular formula is C20H33N3O2.